The largest absolute Gasteiger partial charge is 0.385 e. The summed E-state index contributed by atoms with van der Waals surface area (Å²) in [6, 6.07) is 0. The van der Waals surface area contributed by atoms with E-state index in [2.05, 4.69) is 17.6 Å². The van der Waals surface area contributed by atoms with Crippen molar-refractivity contribution in [2.24, 2.45) is 0 Å². The van der Waals surface area contributed by atoms with Gasteiger partial charge in [0.15, 0.2) is 0 Å². The van der Waals surface area contributed by atoms with Crippen LogP contribution in [0.15, 0.2) is 0 Å². The molecule has 4 nitrogen and oxygen atoms in total. The van der Waals surface area contributed by atoms with Gasteiger partial charge in [0.05, 0.1) is 6.54 Å². The lowest BCUT2D eigenvalue weighted by Crippen LogP contribution is -2.35. The van der Waals surface area contributed by atoms with E-state index in [9.17, 15) is 4.79 Å². The summed E-state index contributed by atoms with van der Waals surface area (Å²) in [6.45, 7) is 5.07. The first-order chi connectivity index (χ1) is 12.8. The fourth-order valence-electron chi connectivity index (χ4n) is 3.15. The van der Waals surface area contributed by atoms with E-state index in [1.165, 1.54) is 89.9 Å². The van der Waals surface area contributed by atoms with Crippen molar-refractivity contribution in [3.05, 3.63) is 0 Å². The highest BCUT2D eigenvalue weighted by Crippen LogP contribution is 2.12. The molecule has 0 spiro atoms. The Morgan fingerprint density at radius 1 is 0.692 bits per heavy atom. The number of rotatable bonds is 21. The first-order valence-corrected chi connectivity index (χ1v) is 11.3. The van der Waals surface area contributed by atoms with Crippen molar-refractivity contribution >= 4 is 5.91 Å². The van der Waals surface area contributed by atoms with Gasteiger partial charge in [-0.2, -0.15) is 0 Å². The molecule has 2 N–H and O–H groups in total. The van der Waals surface area contributed by atoms with Crippen LogP contribution in [0.25, 0.3) is 0 Å². The third-order valence-electron chi connectivity index (χ3n) is 4.84. The summed E-state index contributed by atoms with van der Waals surface area (Å²) in [5, 5.41) is 6.11. The molecule has 0 rings (SSSR count). The Labute approximate surface area is 163 Å². The molecule has 0 aromatic carbocycles. The molecule has 0 aliphatic heterocycles. The Hall–Kier alpha value is -0.610. The SMILES string of the molecule is CCCCCCCCCCCCCCCCNCC(=O)NCCCOC. The molecule has 0 bridgehead atoms. The van der Waals surface area contributed by atoms with Crippen LogP contribution >= 0.6 is 0 Å². The van der Waals surface area contributed by atoms with Crippen LogP contribution in [0.3, 0.4) is 0 Å². The lowest BCUT2D eigenvalue weighted by molar-refractivity contribution is -0.120. The van der Waals surface area contributed by atoms with E-state index in [-0.39, 0.29) is 5.91 Å². The predicted molar refractivity (Wildman–Crippen MR) is 113 cm³/mol. The molecule has 0 saturated carbocycles. The summed E-state index contributed by atoms with van der Waals surface area (Å²) in [5.74, 6) is 0.0893. The lowest BCUT2D eigenvalue weighted by atomic mass is 10.0. The minimum absolute atomic E-state index is 0.0893. The third-order valence-corrected chi connectivity index (χ3v) is 4.84. The van der Waals surface area contributed by atoms with Gasteiger partial charge in [-0.3, -0.25) is 4.79 Å². The zero-order valence-corrected chi connectivity index (χ0v) is 17.8. The van der Waals surface area contributed by atoms with E-state index in [4.69, 9.17) is 4.74 Å². The van der Waals surface area contributed by atoms with E-state index in [0.29, 0.717) is 19.7 Å². The second kappa shape index (κ2) is 22.4. The number of methoxy groups -OCH3 is 1. The number of nitrogens with one attached hydrogen (secondary N) is 2. The van der Waals surface area contributed by atoms with Crippen molar-refractivity contribution in [3.8, 4) is 0 Å². The Kier molecular flexibility index (Phi) is 21.9. The molecule has 0 saturated heterocycles. The van der Waals surface area contributed by atoms with E-state index in [0.717, 1.165) is 13.0 Å². The van der Waals surface area contributed by atoms with Gasteiger partial charge in [-0.25, -0.2) is 0 Å². The molecule has 0 aromatic rings. The summed E-state index contributed by atoms with van der Waals surface area (Å²) >= 11 is 0. The minimum atomic E-state index is 0.0893. The van der Waals surface area contributed by atoms with Crippen LogP contribution < -0.4 is 10.6 Å². The number of ether oxygens (including phenoxy) is 1. The molecule has 1 amide bonds. The molecule has 0 fully saturated rings. The Morgan fingerprint density at radius 2 is 1.19 bits per heavy atom. The van der Waals surface area contributed by atoms with Gasteiger partial charge in [-0.15, -0.1) is 0 Å². The average molecular weight is 371 g/mol. The Bertz CT molecular complexity index is 285. The van der Waals surface area contributed by atoms with Crippen LogP contribution in [0, 0.1) is 0 Å². The van der Waals surface area contributed by atoms with Gasteiger partial charge < -0.3 is 15.4 Å². The van der Waals surface area contributed by atoms with Gasteiger partial charge in [0.25, 0.3) is 0 Å². The van der Waals surface area contributed by atoms with E-state index in [1.807, 2.05) is 0 Å². The van der Waals surface area contributed by atoms with Crippen LogP contribution in [0.2, 0.25) is 0 Å². The highest BCUT2D eigenvalue weighted by Gasteiger charge is 1.99. The molecule has 0 heterocycles. The standard InChI is InChI=1S/C22H46N2O2/c1-3-4-5-6-7-8-9-10-11-12-13-14-15-16-18-23-21-22(25)24-19-17-20-26-2/h23H,3-21H2,1-2H3,(H,24,25). The van der Waals surface area contributed by atoms with Crippen LogP contribution in [0.1, 0.15) is 103 Å². The van der Waals surface area contributed by atoms with Gasteiger partial charge >= 0.3 is 0 Å². The van der Waals surface area contributed by atoms with Crippen molar-refractivity contribution in [3.63, 3.8) is 0 Å². The first-order valence-electron chi connectivity index (χ1n) is 11.3. The van der Waals surface area contributed by atoms with Crippen LogP contribution in [-0.2, 0) is 9.53 Å². The number of unbranched alkanes of at least 4 members (excludes halogenated alkanes) is 13. The van der Waals surface area contributed by atoms with Crippen molar-refractivity contribution in [1.82, 2.24) is 10.6 Å². The van der Waals surface area contributed by atoms with Crippen molar-refractivity contribution in [2.75, 3.05) is 33.4 Å². The maximum Gasteiger partial charge on any atom is 0.233 e. The minimum Gasteiger partial charge on any atom is -0.385 e. The average Bonchev–Trinajstić information content (AvgIpc) is 2.65. The molecule has 0 atom stereocenters. The van der Waals surface area contributed by atoms with E-state index in [1.54, 1.807) is 7.11 Å². The third kappa shape index (κ3) is 21.4. The maximum atomic E-state index is 11.5. The number of hydrogen-bond donors (Lipinski definition) is 2. The van der Waals surface area contributed by atoms with Crippen molar-refractivity contribution < 1.29 is 9.53 Å². The maximum absolute atomic E-state index is 11.5. The van der Waals surface area contributed by atoms with Crippen LogP contribution in [0.4, 0.5) is 0 Å². The fourth-order valence-corrected chi connectivity index (χ4v) is 3.15. The van der Waals surface area contributed by atoms with Crippen molar-refractivity contribution in [1.29, 1.82) is 0 Å². The zero-order valence-electron chi connectivity index (χ0n) is 17.8. The van der Waals surface area contributed by atoms with E-state index < -0.39 is 0 Å². The molecule has 0 aliphatic carbocycles. The lowest BCUT2D eigenvalue weighted by Gasteiger charge is -2.06. The quantitative estimate of drug-likeness (QED) is 0.273. The smallest absolute Gasteiger partial charge is 0.233 e. The van der Waals surface area contributed by atoms with Gasteiger partial charge in [0, 0.05) is 20.3 Å². The summed E-state index contributed by atoms with van der Waals surface area (Å²) in [7, 11) is 1.68. The second-order valence-corrected chi connectivity index (χ2v) is 7.47. The number of hydrogen-bond acceptors (Lipinski definition) is 3. The summed E-state index contributed by atoms with van der Waals surface area (Å²) in [5.41, 5.74) is 0. The summed E-state index contributed by atoms with van der Waals surface area (Å²) < 4.78 is 4.95. The molecule has 0 unspecified atom stereocenters. The summed E-state index contributed by atoms with van der Waals surface area (Å²) in [6.07, 6.45) is 20.2. The Morgan fingerprint density at radius 3 is 1.69 bits per heavy atom. The first kappa shape index (κ1) is 25.4. The molecule has 156 valence electrons. The van der Waals surface area contributed by atoms with Gasteiger partial charge in [0.2, 0.25) is 5.91 Å². The monoisotopic (exact) mass is 370 g/mol. The summed E-state index contributed by atoms with van der Waals surface area (Å²) in [4.78, 5) is 11.5. The molecule has 0 radical (unpaired) electrons. The van der Waals surface area contributed by atoms with Crippen molar-refractivity contribution in [2.45, 2.75) is 103 Å². The molecule has 0 aliphatic rings. The second-order valence-electron chi connectivity index (χ2n) is 7.47. The molecule has 4 heteroatoms. The van der Waals surface area contributed by atoms with Crippen LogP contribution in [0.5, 0.6) is 0 Å². The number of amides is 1. The zero-order chi connectivity index (χ0) is 19.1. The molecule has 26 heavy (non-hydrogen) atoms. The normalized spacial score (nSPS) is 11.0. The molecular formula is C22H46N2O2. The highest BCUT2D eigenvalue weighted by molar-refractivity contribution is 5.77. The Balaban J connectivity index is 3.07. The molecule has 0 aromatic heterocycles. The van der Waals surface area contributed by atoms with Crippen LogP contribution in [-0.4, -0.2) is 39.3 Å². The van der Waals surface area contributed by atoms with Gasteiger partial charge in [0.1, 0.15) is 0 Å². The van der Waals surface area contributed by atoms with E-state index >= 15 is 0 Å². The molecular weight excluding hydrogens is 324 g/mol. The van der Waals surface area contributed by atoms with Gasteiger partial charge in [-0.1, -0.05) is 90.4 Å². The predicted octanol–water partition coefficient (Wildman–Crippen LogP) is 5.21. The number of carbonyl (C=O) groups excluding carboxylic acids is 1. The fraction of sp³-hybridized carbons (Fsp3) is 0.955. The highest BCUT2D eigenvalue weighted by atomic mass is 16.5. The van der Waals surface area contributed by atoms with Gasteiger partial charge in [-0.05, 0) is 19.4 Å². The topological polar surface area (TPSA) is 50.4 Å². The number of carbonyl (C=O) groups is 1.